The van der Waals surface area contributed by atoms with Crippen LogP contribution in [0.15, 0.2) is 18.2 Å². The predicted octanol–water partition coefficient (Wildman–Crippen LogP) is 4.17. The zero-order valence-corrected chi connectivity index (χ0v) is 21.6. The predicted molar refractivity (Wildman–Crippen MR) is 133 cm³/mol. The van der Waals surface area contributed by atoms with Gasteiger partial charge in [-0.15, -0.1) is 5.92 Å². The van der Waals surface area contributed by atoms with Gasteiger partial charge in [0.25, 0.3) is 0 Å². The largest absolute Gasteiger partial charge is 0.497 e. The van der Waals surface area contributed by atoms with Gasteiger partial charge in [-0.2, -0.15) is 0 Å². The first-order chi connectivity index (χ1) is 17.2. The van der Waals surface area contributed by atoms with Gasteiger partial charge in [0, 0.05) is 30.2 Å². The van der Waals surface area contributed by atoms with Gasteiger partial charge in [0.15, 0.2) is 5.79 Å². The van der Waals surface area contributed by atoms with E-state index in [0.29, 0.717) is 50.7 Å². The first kappa shape index (κ1) is 23.3. The van der Waals surface area contributed by atoms with Crippen LogP contribution in [-0.4, -0.2) is 53.1 Å². The highest BCUT2D eigenvalue weighted by atomic mass is 16.7. The molecule has 4 aliphatic carbocycles. The zero-order chi connectivity index (χ0) is 25.0. The normalized spacial score (nSPS) is 47.5. The van der Waals surface area contributed by atoms with E-state index in [9.17, 15) is 10.2 Å². The molecule has 2 N–H and O–H groups in total. The van der Waals surface area contributed by atoms with Crippen LogP contribution in [0.1, 0.15) is 76.7 Å². The van der Waals surface area contributed by atoms with Crippen molar-refractivity contribution in [3.8, 4) is 23.3 Å². The average Bonchev–Trinajstić information content (AvgIpc) is 3.41. The lowest BCUT2D eigenvalue weighted by Gasteiger charge is -2.68. The summed E-state index contributed by atoms with van der Waals surface area (Å²) in [4.78, 5) is 0. The highest BCUT2D eigenvalue weighted by Gasteiger charge is 2.75. The number of ether oxygens (including phenoxy) is 4. The Labute approximate surface area is 213 Å². The molecular weight excluding hydrogens is 456 g/mol. The van der Waals surface area contributed by atoms with Gasteiger partial charge in [0.2, 0.25) is 0 Å². The number of methoxy groups -OCH3 is 1. The highest BCUT2D eigenvalue weighted by Crippen LogP contribution is 2.73. The van der Waals surface area contributed by atoms with Crippen LogP contribution >= 0.6 is 0 Å². The topological polar surface area (TPSA) is 77.4 Å². The molecule has 0 radical (unpaired) electrons. The van der Waals surface area contributed by atoms with Crippen molar-refractivity contribution < 1.29 is 29.2 Å². The van der Waals surface area contributed by atoms with Crippen LogP contribution in [0.3, 0.4) is 0 Å². The smallest absolute Gasteiger partial charge is 0.171 e. The Morgan fingerprint density at radius 1 is 1.06 bits per heavy atom. The summed E-state index contributed by atoms with van der Waals surface area (Å²) < 4.78 is 24.8. The zero-order valence-electron chi connectivity index (χ0n) is 21.6. The van der Waals surface area contributed by atoms with Gasteiger partial charge in [0.1, 0.15) is 28.3 Å². The van der Waals surface area contributed by atoms with E-state index in [1.807, 2.05) is 19.1 Å². The molecule has 6 aliphatic rings. The third kappa shape index (κ3) is 2.73. The molecular formula is C30H38O6. The molecule has 4 saturated carbocycles. The second kappa shape index (κ2) is 7.41. The SMILES string of the molecule is CC#C[C@]1(O)CC[C@H]2[C@@H]3CC[C@@]4(O)CC5(CC[C@@]46Oc4cc(OC)ccc4[C@@H](C[C@@]21C)[C@@H]36)OCCO5. The van der Waals surface area contributed by atoms with Crippen molar-refractivity contribution in [1.82, 2.24) is 0 Å². The van der Waals surface area contributed by atoms with Crippen LogP contribution < -0.4 is 9.47 Å². The molecule has 5 fully saturated rings. The van der Waals surface area contributed by atoms with E-state index in [1.54, 1.807) is 7.11 Å². The van der Waals surface area contributed by atoms with E-state index >= 15 is 0 Å². The Bertz CT molecular complexity index is 1150. The molecule has 8 atom stereocenters. The van der Waals surface area contributed by atoms with Crippen LogP contribution in [0, 0.1) is 35.0 Å². The Morgan fingerprint density at radius 3 is 2.61 bits per heavy atom. The molecule has 0 amide bonds. The second-order valence-electron chi connectivity index (χ2n) is 12.5. The minimum absolute atomic E-state index is 0.167. The number of fused-ring (bicyclic) bond motifs is 4. The Morgan fingerprint density at radius 2 is 1.86 bits per heavy atom. The fraction of sp³-hybridized carbons (Fsp3) is 0.733. The first-order valence-electron chi connectivity index (χ1n) is 13.8. The number of benzene rings is 1. The number of hydrogen-bond acceptors (Lipinski definition) is 6. The van der Waals surface area contributed by atoms with Gasteiger partial charge in [-0.05, 0) is 74.8 Å². The van der Waals surface area contributed by atoms with Crippen LogP contribution in [0.5, 0.6) is 11.5 Å². The van der Waals surface area contributed by atoms with Crippen molar-refractivity contribution in [3.63, 3.8) is 0 Å². The molecule has 0 bridgehead atoms. The molecule has 36 heavy (non-hydrogen) atoms. The quantitative estimate of drug-likeness (QED) is 0.571. The van der Waals surface area contributed by atoms with Crippen molar-refractivity contribution in [2.24, 2.45) is 23.2 Å². The summed E-state index contributed by atoms with van der Waals surface area (Å²) in [6.45, 7) is 5.26. The van der Waals surface area contributed by atoms with Gasteiger partial charge in [-0.25, -0.2) is 0 Å². The second-order valence-corrected chi connectivity index (χ2v) is 12.5. The lowest BCUT2D eigenvalue weighted by atomic mass is 9.42. The maximum atomic E-state index is 12.5. The summed E-state index contributed by atoms with van der Waals surface area (Å²) in [5, 5.41) is 24.4. The third-order valence-electron chi connectivity index (χ3n) is 11.3. The molecule has 2 aliphatic heterocycles. The standard InChI is InChI=1S/C30H38O6/c1-4-9-27(31)11-8-23-21-7-10-28(32)18-29(34-14-15-35-29)12-13-30(28)25(21)22(17-26(23,27)2)20-6-5-19(33-3)16-24(20)36-30/h5-6,16,21-23,25,31-32H,7-8,10-15,17-18H2,1-3H3/t21-,22+,23-,25+,26-,27-,28+,30-/m0/s1. The van der Waals surface area contributed by atoms with Crippen molar-refractivity contribution >= 4 is 0 Å². The first-order valence-corrected chi connectivity index (χ1v) is 13.8. The van der Waals surface area contributed by atoms with Crippen molar-refractivity contribution in [1.29, 1.82) is 0 Å². The lowest BCUT2D eigenvalue weighted by Crippen LogP contribution is -2.75. The minimum Gasteiger partial charge on any atom is -0.497 e. The number of rotatable bonds is 1. The number of hydrogen-bond donors (Lipinski definition) is 2. The molecule has 2 heterocycles. The van der Waals surface area contributed by atoms with Crippen LogP contribution in [0.2, 0.25) is 0 Å². The molecule has 1 saturated heterocycles. The molecule has 194 valence electrons. The molecule has 0 unspecified atom stereocenters. The van der Waals surface area contributed by atoms with Gasteiger partial charge < -0.3 is 29.2 Å². The summed E-state index contributed by atoms with van der Waals surface area (Å²) in [7, 11) is 1.67. The average molecular weight is 495 g/mol. The monoisotopic (exact) mass is 494 g/mol. The molecule has 0 aromatic heterocycles. The molecule has 1 aromatic carbocycles. The van der Waals surface area contributed by atoms with Gasteiger partial charge in [0.05, 0.1) is 20.3 Å². The molecule has 2 spiro atoms. The summed E-state index contributed by atoms with van der Waals surface area (Å²) in [6.07, 6.45) is 5.95. The van der Waals surface area contributed by atoms with Gasteiger partial charge in [-0.1, -0.05) is 18.9 Å². The van der Waals surface area contributed by atoms with Crippen LogP contribution in [-0.2, 0) is 9.47 Å². The number of aliphatic hydroxyl groups is 2. The van der Waals surface area contributed by atoms with E-state index < -0.39 is 22.6 Å². The molecule has 7 rings (SSSR count). The maximum absolute atomic E-state index is 12.5. The van der Waals surface area contributed by atoms with Crippen molar-refractivity contribution in [2.45, 2.75) is 93.7 Å². The minimum atomic E-state index is -1.04. The molecule has 6 heteroatoms. The van der Waals surface area contributed by atoms with Gasteiger partial charge in [-0.3, -0.25) is 0 Å². The van der Waals surface area contributed by atoms with E-state index in [1.165, 1.54) is 5.56 Å². The fourth-order valence-electron chi connectivity index (χ4n) is 9.85. The Kier molecular flexibility index (Phi) is 4.81. The van der Waals surface area contributed by atoms with Crippen LogP contribution in [0.4, 0.5) is 0 Å². The Balaban J connectivity index is 1.40. The summed E-state index contributed by atoms with van der Waals surface area (Å²) in [5.41, 5.74) is -1.86. The van der Waals surface area contributed by atoms with E-state index in [-0.39, 0.29) is 17.3 Å². The third-order valence-corrected chi connectivity index (χ3v) is 11.3. The van der Waals surface area contributed by atoms with E-state index in [0.717, 1.165) is 37.2 Å². The molecule has 6 nitrogen and oxygen atoms in total. The summed E-state index contributed by atoms with van der Waals surface area (Å²) >= 11 is 0. The Hall–Kier alpha value is -1.78. The van der Waals surface area contributed by atoms with Crippen molar-refractivity contribution in [3.05, 3.63) is 23.8 Å². The lowest BCUT2D eigenvalue weighted by molar-refractivity contribution is -0.311. The maximum Gasteiger partial charge on any atom is 0.171 e. The van der Waals surface area contributed by atoms with E-state index in [4.69, 9.17) is 18.9 Å². The van der Waals surface area contributed by atoms with Gasteiger partial charge >= 0.3 is 0 Å². The summed E-state index contributed by atoms with van der Waals surface area (Å²) in [6, 6.07) is 6.15. The fourth-order valence-corrected chi connectivity index (χ4v) is 9.85. The highest BCUT2D eigenvalue weighted by molar-refractivity contribution is 5.48. The van der Waals surface area contributed by atoms with Crippen molar-refractivity contribution in [2.75, 3.05) is 20.3 Å². The summed E-state index contributed by atoms with van der Waals surface area (Å²) in [5.74, 6) is 8.19. The van der Waals surface area contributed by atoms with Crippen LogP contribution in [0.25, 0.3) is 0 Å². The van der Waals surface area contributed by atoms with E-state index in [2.05, 4.69) is 24.8 Å². The molecule has 1 aromatic rings.